The number of carbonyl (C=O) groups excluding carboxylic acids is 2. The van der Waals surface area contributed by atoms with Gasteiger partial charge in [0.2, 0.25) is 0 Å². The first-order valence-electron chi connectivity index (χ1n) is 6.13. The zero-order valence-corrected chi connectivity index (χ0v) is 11.6. The van der Waals surface area contributed by atoms with Gasteiger partial charge in [-0.2, -0.15) is 0 Å². The van der Waals surface area contributed by atoms with Crippen molar-refractivity contribution in [1.82, 2.24) is 4.98 Å². The molecular formula is C15H10N2O3S. The quantitative estimate of drug-likeness (QED) is 0.863. The number of carbonyl (C=O) groups is 2. The summed E-state index contributed by atoms with van der Waals surface area (Å²) in [5.41, 5.74) is 0.959. The van der Waals surface area contributed by atoms with Crippen molar-refractivity contribution in [2.75, 3.05) is 4.90 Å². The molecule has 3 rings (SSSR count). The Balaban J connectivity index is 1.94. The molecule has 2 heterocycles. The van der Waals surface area contributed by atoms with E-state index < -0.39 is 11.1 Å². The van der Waals surface area contributed by atoms with Crippen LogP contribution in [0.15, 0.2) is 53.6 Å². The fourth-order valence-electron chi connectivity index (χ4n) is 1.92. The molecule has 2 amide bonds. The van der Waals surface area contributed by atoms with Crippen LogP contribution < -0.4 is 4.90 Å². The second-order valence-electron chi connectivity index (χ2n) is 4.29. The maximum Gasteiger partial charge on any atom is 0.298 e. The smallest absolute Gasteiger partial charge is 0.298 e. The maximum atomic E-state index is 12.3. The molecule has 0 bridgehead atoms. The van der Waals surface area contributed by atoms with Gasteiger partial charge in [-0.15, -0.1) is 0 Å². The minimum atomic E-state index is -0.416. The molecule has 0 atom stereocenters. The van der Waals surface area contributed by atoms with E-state index in [2.05, 4.69) is 4.98 Å². The van der Waals surface area contributed by atoms with E-state index >= 15 is 0 Å². The lowest BCUT2D eigenvalue weighted by atomic mass is 10.2. The summed E-state index contributed by atoms with van der Waals surface area (Å²) in [4.78, 5) is 29.8. The Labute approximate surface area is 124 Å². The Kier molecular flexibility index (Phi) is 3.45. The number of aromatic hydroxyl groups is 1. The predicted molar refractivity (Wildman–Crippen MR) is 80.8 cm³/mol. The number of hydrogen-bond donors (Lipinski definition) is 1. The Bertz CT molecular complexity index is 744. The summed E-state index contributed by atoms with van der Waals surface area (Å²) in [6, 6.07) is 11.4. The van der Waals surface area contributed by atoms with Gasteiger partial charge >= 0.3 is 0 Å². The number of phenolic OH excluding ortho intramolecular Hbond substituents is 1. The van der Waals surface area contributed by atoms with E-state index in [4.69, 9.17) is 0 Å². The zero-order valence-electron chi connectivity index (χ0n) is 10.8. The predicted octanol–water partition coefficient (Wildman–Crippen LogP) is 3.03. The van der Waals surface area contributed by atoms with Gasteiger partial charge in [0.25, 0.3) is 11.1 Å². The molecule has 21 heavy (non-hydrogen) atoms. The largest absolute Gasteiger partial charge is 0.508 e. The highest BCUT2D eigenvalue weighted by Crippen LogP contribution is 2.36. The van der Waals surface area contributed by atoms with Crippen LogP contribution >= 0.6 is 11.8 Å². The van der Waals surface area contributed by atoms with Gasteiger partial charge < -0.3 is 5.11 Å². The number of hydrogen-bond acceptors (Lipinski definition) is 5. The van der Waals surface area contributed by atoms with E-state index in [-0.39, 0.29) is 5.75 Å². The van der Waals surface area contributed by atoms with Crippen LogP contribution in [-0.2, 0) is 4.79 Å². The molecule has 6 heteroatoms. The van der Waals surface area contributed by atoms with Gasteiger partial charge in [0.1, 0.15) is 5.75 Å². The number of imide groups is 1. The highest BCUT2D eigenvalue weighted by atomic mass is 32.2. The highest BCUT2D eigenvalue weighted by molar-refractivity contribution is 8.19. The lowest BCUT2D eigenvalue weighted by Gasteiger charge is -2.12. The van der Waals surface area contributed by atoms with Crippen molar-refractivity contribution in [2.24, 2.45) is 0 Å². The average Bonchev–Trinajstić information content (AvgIpc) is 2.74. The number of phenols is 1. The normalized spacial score (nSPS) is 16.8. The number of benzene rings is 1. The molecule has 2 aromatic rings. The maximum absolute atomic E-state index is 12.3. The minimum Gasteiger partial charge on any atom is -0.508 e. The molecule has 1 aromatic carbocycles. The van der Waals surface area contributed by atoms with Crippen LogP contribution in [0, 0.1) is 0 Å². The van der Waals surface area contributed by atoms with Crippen molar-refractivity contribution in [3.63, 3.8) is 0 Å². The minimum absolute atomic E-state index is 0.000237. The molecule has 5 nitrogen and oxygen atoms in total. The Morgan fingerprint density at radius 2 is 2.00 bits per heavy atom. The molecule has 0 aliphatic carbocycles. The third-order valence-corrected chi connectivity index (χ3v) is 3.72. The molecule has 0 radical (unpaired) electrons. The Morgan fingerprint density at radius 3 is 2.71 bits per heavy atom. The van der Waals surface area contributed by atoms with Gasteiger partial charge in [0.05, 0.1) is 16.3 Å². The Hall–Kier alpha value is -2.60. The van der Waals surface area contributed by atoms with Crippen molar-refractivity contribution in [2.45, 2.75) is 0 Å². The number of thioether (sulfide) groups is 1. The van der Waals surface area contributed by atoms with Crippen molar-refractivity contribution < 1.29 is 14.7 Å². The number of nitrogens with zero attached hydrogens (tertiary/aromatic N) is 2. The monoisotopic (exact) mass is 298 g/mol. The van der Waals surface area contributed by atoms with E-state index in [1.165, 1.54) is 12.1 Å². The van der Waals surface area contributed by atoms with Gasteiger partial charge in [0.15, 0.2) is 0 Å². The van der Waals surface area contributed by atoms with Crippen LogP contribution in [-0.4, -0.2) is 21.2 Å². The van der Waals surface area contributed by atoms with E-state index in [9.17, 15) is 14.7 Å². The lowest BCUT2D eigenvalue weighted by Crippen LogP contribution is -2.27. The molecule has 0 saturated carbocycles. The summed E-state index contributed by atoms with van der Waals surface area (Å²) < 4.78 is 0. The topological polar surface area (TPSA) is 70.5 Å². The lowest BCUT2D eigenvalue weighted by molar-refractivity contribution is -0.113. The average molecular weight is 298 g/mol. The summed E-state index contributed by atoms with van der Waals surface area (Å²) in [5.74, 6) is -0.415. The van der Waals surface area contributed by atoms with Crippen LogP contribution in [0.1, 0.15) is 5.69 Å². The van der Waals surface area contributed by atoms with Gasteiger partial charge in [-0.1, -0.05) is 12.1 Å². The van der Waals surface area contributed by atoms with Gasteiger partial charge in [-0.05, 0) is 42.1 Å². The SMILES string of the molecule is O=C1SC(=Cc2ccccn2)C(=O)N1c1cccc(O)c1. The fourth-order valence-corrected chi connectivity index (χ4v) is 2.74. The standard InChI is InChI=1S/C15H10N2O3S/c18-12-6-3-5-11(9-12)17-14(19)13(21-15(17)20)8-10-4-1-2-7-16-10/h1-9,18H. The van der Waals surface area contributed by atoms with Crippen molar-refractivity contribution in [1.29, 1.82) is 0 Å². The molecule has 1 N–H and O–H groups in total. The fraction of sp³-hybridized carbons (Fsp3) is 0. The van der Waals surface area contributed by atoms with E-state index in [0.29, 0.717) is 16.3 Å². The molecule has 1 aliphatic heterocycles. The van der Waals surface area contributed by atoms with Crippen molar-refractivity contribution in [3.8, 4) is 5.75 Å². The first kappa shape index (κ1) is 13.4. The first-order valence-corrected chi connectivity index (χ1v) is 6.95. The van der Waals surface area contributed by atoms with E-state index in [0.717, 1.165) is 16.7 Å². The third-order valence-electron chi connectivity index (χ3n) is 2.85. The molecule has 1 aromatic heterocycles. The van der Waals surface area contributed by atoms with Gasteiger partial charge in [0, 0.05) is 12.3 Å². The number of rotatable bonds is 2. The van der Waals surface area contributed by atoms with Crippen molar-refractivity contribution >= 4 is 34.7 Å². The van der Waals surface area contributed by atoms with Crippen LogP contribution in [0.2, 0.25) is 0 Å². The summed E-state index contributed by atoms with van der Waals surface area (Å²) in [6.07, 6.45) is 3.19. The Morgan fingerprint density at radius 1 is 1.14 bits per heavy atom. The van der Waals surface area contributed by atoms with Crippen LogP contribution in [0.3, 0.4) is 0 Å². The molecule has 104 valence electrons. The zero-order chi connectivity index (χ0) is 14.8. The molecular weight excluding hydrogens is 288 g/mol. The molecule has 1 saturated heterocycles. The van der Waals surface area contributed by atoms with Gasteiger partial charge in [-0.25, -0.2) is 4.90 Å². The van der Waals surface area contributed by atoms with Crippen LogP contribution in [0.4, 0.5) is 10.5 Å². The summed E-state index contributed by atoms with van der Waals surface area (Å²) >= 11 is 0.854. The van der Waals surface area contributed by atoms with Gasteiger partial charge in [-0.3, -0.25) is 14.6 Å². The second-order valence-corrected chi connectivity index (χ2v) is 5.28. The summed E-state index contributed by atoms with van der Waals surface area (Å²) in [6.45, 7) is 0. The van der Waals surface area contributed by atoms with Crippen LogP contribution in [0.5, 0.6) is 5.75 Å². The summed E-state index contributed by atoms with van der Waals surface area (Å²) in [7, 11) is 0. The van der Waals surface area contributed by atoms with Crippen molar-refractivity contribution in [3.05, 3.63) is 59.3 Å². The molecule has 0 spiro atoms. The molecule has 1 aliphatic rings. The number of anilines is 1. The van der Waals surface area contributed by atoms with Crippen LogP contribution in [0.25, 0.3) is 6.08 Å². The molecule has 0 unspecified atom stereocenters. The molecule has 1 fully saturated rings. The van der Waals surface area contributed by atoms with E-state index in [1.807, 2.05) is 0 Å². The number of pyridine rings is 1. The highest BCUT2D eigenvalue weighted by Gasteiger charge is 2.36. The number of aromatic nitrogens is 1. The first-order chi connectivity index (χ1) is 10.1. The summed E-state index contributed by atoms with van der Waals surface area (Å²) in [5, 5.41) is 9.07. The van der Waals surface area contributed by atoms with E-state index in [1.54, 1.807) is 42.6 Å². The second kappa shape index (κ2) is 5.41. The number of amides is 2. The third kappa shape index (κ3) is 2.66.